The fourth-order valence-electron chi connectivity index (χ4n) is 0.295. The van der Waals surface area contributed by atoms with E-state index in [1.807, 2.05) is 13.8 Å². The maximum atomic E-state index is 10.3. The molecule has 0 spiro atoms. The molecule has 0 radical (unpaired) electrons. The largest absolute Gasteiger partial charge is 0.452 e. The molecule has 0 aromatic heterocycles. The van der Waals surface area contributed by atoms with Gasteiger partial charge in [-0.1, -0.05) is 13.8 Å². The van der Waals surface area contributed by atoms with Gasteiger partial charge in [0.25, 0.3) is 0 Å². The number of hydrogen-bond acceptors (Lipinski definition) is 2. The van der Waals surface area contributed by atoms with Crippen molar-refractivity contribution in [3.63, 3.8) is 0 Å². The van der Waals surface area contributed by atoms with E-state index in [-0.39, 0.29) is 10.1 Å². The monoisotopic (exact) mass is 242 g/mol. The van der Waals surface area contributed by atoms with E-state index in [4.69, 9.17) is 4.74 Å². The van der Waals surface area contributed by atoms with Crippen molar-refractivity contribution in [1.82, 2.24) is 0 Å². The number of halogens is 1. The smallest absolute Gasteiger partial charge is 0.303 e. The number of alkyl halides is 1. The van der Waals surface area contributed by atoms with Gasteiger partial charge >= 0.3 is 5.97 Å². The number of rotatable bonds is 2. The van der Waals surface area contributed by atoms with Crippen LogP contribution in [-0.4, -0.2) is 10.1 Å². The summed E-state index contributed by atoms with van der Waals surface area (Å²) in [7, 11) is 0. The Labute approximate surface area is 69.1 Å². The second kappa shape index (κ2) is 4.09. The molecular weight excluding hydrogens is 231 g/mol. The van der Waals surface area contributed by atoms with E-state index in [0.717, 1.165) is 0 Å². The van der Waals surface area contributed by atoms with Crippen LogP contribution in [-0.2, 0) is 9.53 Å². The summed E-state index contributed by atoms with van der Waals surface area (Å²) in [5.41, 5.74) is 0. The Morgan fingerprint density at radius 1 is 1.56 bits per heavy atom. The van der Waals surface area contributed by atoms with Gasteiger partial charge in [0.2, 0.25) is 0 Å². The SMILES string of the molecule is CC(=O)OC(I)C(C)C. The van der Waals surface area contributed by atoms with Crippen molar-refractivity contribution in [2.24, 2.45) is 5.92 Å². The van der Waals surface area contributed by atoms with Crippen molar-refractivity contribution in [3.8, 4) is 0 Å². The molecule has 0 saturated carbocycles. The zero-order valence-corrected chi connectivity index (χ0v) is 8.01. The Morgan fingerprint density at radius 3 is 2.11 bits per heavy atom. The molecule has 0 fully saturated rings. The molecule has 0 aliphatic carbocycles. The maximum absolute atomic E-state index is 10.3. The minimum absolute atomic E-state index is 0.0140. The van der Waals surface area contributed by atoms with Gasteiger partial charge in [-0.15, -0.1) is 0 Å². The van der Waals surface area contributed by atoms with Crippen LogP contribution in [0.2, 0.25) is 0 Å². The van der Waals surface area contributed by atoms with Crippen LogP contribution in [0.5, 0.6) is 0 Å². The van der Waals surface area contributed by atoms with Gasteiger partial charge in [0.05, 0.1) is 0 Å². The fourth-order valence-corrected chi connectivity index (χ4v) is 0.653. The molecule has 0 amide bonds. The average molecular weight is 242 g/mol. The van der Waals surface area contributed by atoms with Crippen LogP contribution >= 0.6 is 22.6 Å². The van der Waals surface area contributed by atoms with E-state index in [1.165, 1.54) is 6.92 Å². The molecule has 0 saturated heterocycles. The predicted molar refractivity (Wildman–Crippen MR) is 44.4 cm³/mol. The Hall–Kier alpha value is 0.200. The summed E-state index contributed by atoms with van der Waals surface area (Å²) in [6.07, 6.45) is 0. The first kappa shape index (κ1) is 9.20. The topological polar surface area (TPSA) is 26.3 Å². The summed E-state index contributed by atoms with van der Waals surface area (Å²) in [5, 5.41) is 0. The first-order valence-electron chi connectivity index (χ1n) is 2.85. The van der Waals surface area contributed by atoms with Gasteiger partial charge in [-0.3, -0.25) is 4.79 Å². The lowest BCUT2D eigenvalue weighted by atomic mass is 10.2. The van der Waals surface area contributed by atoms with Crippen molar-refractivity contribution < 1.29 is 9.53 Å². The molecular formula is C6H11IO2. The molecule has 0 rings (SSSR count). The molecule has 0 N–H and O–H groups in total. The molecule has 0 aromatic carbocycles. The third kappa shape index (κ3) is 4.69. The molecule has 0 aliphatic heterocycles. The van der Waals surface area contributed by atoms with Crippen molar-refractivity contribution in [1.29, 1.82) is 0 Å². The highest BCUT2D eigenvalue weighted by Gasteiger charge is 2.10. The quantitative estimate of drug-likeness (QED) is 0.420. The average Bonchev–Trinajstić information content (AvgIpc) is 1.63. The Kier molecular flexibility index (Phi) is 4.18. The zero-order valence-electron chi connectivity index (χ0n) is 5.85. The Bertz CT molecular complexity index is 101. The summed E-state index contributed by atoms with van der Waals surface area (Å²) in [5.74, 6) is 0.192. The summed E-state index contributed by atoms with van der Waals surface area (Å²) >= 11 is 2.10. The van der Waals surface area contributed by atoms with Gasteiger partial charge < -0.3 is 4.74 Å². The van der Waals surface area contributed by atoms with Crippen LogP contribution in [0.3, 0.4) is 0 Å². The first-order valence-corrected chi connectivity index (χ1v) is 4.10. The number of hydrogen-bond donors (Lipinski definition) is 0. The normalized spacial score (nSPS) is 13.4. The van der Waals surface area contributed by atoms with Gasteiger partial charge in [0, 0.05) is 6.92 Å². The van der Waals surface area contributed by atoms with Gasteiger partial charge in [-0.25, -0.2) is 0 Å². The highest BCUT2D eigenvalue weighted by Crippen LogP contribution is 2.13. The van der Waals surface area contributed by atoms with Gasteiger partial charge in [0.1, 0.15) is 0 Å². The number of carbonyl (C=O) groups excluding carboxylic acids is 1. The van der Waals surface area contributed by atoms with Crippen LogP contribution in [0.15, 0.2) is 0 Å². The zero-order chi connectivity index (χ0) is 7.44. The summed E-state index contributed by atoms with van der Waals surface area (Å²) < 4.78 is 4.87. The number of esters is 1. The highest BCUT2D eigenvalue weighted by atomic mass is 127. The molecule has 3 heteroatoms. The second-order valence-corrected chi connectivity index (χ2v) is 3.43. The van der Waals surface area contributed by atoms with Crippen molar-refractivity contribution in [2.45, 2.75) is 24.9 Å². The van der Waals surface area contributed by atoms with E-state index < -0.39 is 0 Å². The van der Waals surface area contributed by atoms with Crippen molar-refractivity contribution in [3.05, 3.63) is 0 Å². The van der Waals surface area contributed by atoms with Crippen LogP contribution in [0, 0.1) is 5.92 Å². The predicted octanol–water partition coefficient (Wildman–Crippen LogP) is 1.97. The van der Waals surface area contributed by atoms with E-state index in [9.17, 15) is 4.79 Å². The van der Waals surface area contributed by atoms with Crippen LogP contribution in [0.1, 0.15) is 20.8 Å². The fraction of sp³-hybridized carbons (Fsp3) is 0.833. The third-order valence-corrected chi connectivity index (χ3v) is 2.50. The summed E-state index contributed by atoms with van der Waals surface area (Å²) in [6, 6.07) is 0. The molecule has 9 heavy (non-hydrogen) atoms. The third-order valence-electron chi connectivity index (χ3n) is 0.803. The molecule has 54 valence electrons. The molecule has 1 unspecified atom stereocenters. The number of ether oxygens (including phenoxy) is 1. The molecule has 0 aromatic rings. The standard InChI is InChI=1S/C6H11IO2/c1-4(2)6(7)9-5(3)8/h4,6H,1-3H3. The van der Waals surface area contributed by atoms with Crippen LogP contribution < -0.4 is 0 Å². The van der Waals surface area contributed by atoms with E-state index >= 15 is 0 Å². The summed E-state index contributed by atoms with van der Waals surface area (Å²) in [4.78, 5) is 10.3. The minimum atomic E-state index is -0.205. The highest BCUT2D eigenvalue weighted by molar-refractivity contribution is 14.1. The molecule has 2 nitrogen and oxygen atoms in total. The molecule has 1 atom stereocenters. The van der Waals surface area contributed by atoms with Crippen LogP contribution in [0.4, 0.5) is 0 Å². The summed E-state index contributed by atoms with van der Waals surface area (Å²) in [6.45, 7) is 5.45. The Morgan fingerprint density at radius 2 is 2.00 bits per heavy atom. The lowest BCUT2D eigenvalue weighted by Gasteiger charge is -2.12. The molecule has 0 bridgehead atoms. The van der Waals surface area contributed by atoms with Gasteiger partial charge in [-0.2, -0.15) is 0 Å². The van der Waals surface area contributed by atoms with E-state index in [1.54, 1.807) is 0 Å². The lowest BCUT2D eigenvalue weighted by molar-refractivity contribution is -0.142. The lowest BCUT2D eigenvalue weighted by Crippen LogP contribution is -2.14. The van der Waals surface area contributed by atoms with Crippen molar-refractivity contribution >= 4 is 28.6 Å². The first-order chi connectivity index (χ1) is 4.04. The molecule has 0 aliphatic rings. The number of carbonyl (C=O) groups is 1. The Balaban J connectivity index is 3.50. The van der Waals surface area contributed by atoms with Crippen LogP contribution in [0.25, 0.3) is 0 Å². The van der Waals surface area contributed by atoms with Gasteiger partial charge in [-0.05, 0) is 28.5 Å². The van der Waals surface area contributed by atoms with Crippen molar-refractivity contribution in [2.75, 3.05) is 0 Å². The second-order valence-electron chi connectivity index (χ2n) is 2.20. The van der Waals surface area contributed by atoms with Gasteiger partial charge in [0.15, 0.2) is 4.11 Å². The minimum Gasteiger partial charge on any atom is -0.452 e. The molecule has 0 heterocycles. The van der Waals surface area contributed by atoms with E-state index in [0.29, 0.717) is 5.92 Å². The van der Waals surface area contributed by atoms with E-state index in [2.05, 4.69) is 22.6 Å². The maximum Gasteiger partial charge on any atom is 0.303 e.